The van der Waals surface area contributed by atoms with Crippen LogP contribution in [0.1, 0.15) is 22.3 Å². The monoisotopic (exact) mass is 268 g/mol. The fourth-order valence-corrected chi connectivity index (χ4v) is 2.34. The first kappa shape index (κ1) is 14.9. The molecule has 0 aliphatic heterocycles. The van der Waals surface area contributed by atoms with E-state index in [4.69, 9.17) is 10.8 Å². The minimum atomic E-state index is -0.0897. The summed E-state index contributed by atoms with van der Waals surface area (Å²) in [6.45, 7) is 2.77. The van der Waals surface area contributed by atoms with Crippen LogP contribution < -0.4 is 11.1 Å². The lowest BCUT2D eigenvalue weighted by Crippen LogP contribution is -2.26. The maximum atomic E-state index is 11.8. The van der Waals surface area contributed by atoms with Crippen LogP contribution in [0.5, 0.6) is 0 Å². The molecule has 0 aliphatic carbocycles. The van der Waals surface area contributed by atoms with Crippen LogP contribution in [0.2, 0.25) is 0 Å². The first-order chi connectivity index (χ1) is 8.63. The van der Waals surface area contributed by atoms with E-state index in [1.54, 1.807) is 17.8 Å². The van der Waals surface area contributed by atoms with Gasteiger partial charge in [-0.15, -0.1) is 0 Å². The van der Waals surface area contributed by atoms with Gasteiger partial charge in [0.2, 0.25) is 0 Å². The van der Waals surface area contributed by atoms with Crippen LogP contribution in [0.4, 0.5) is 5.69 Å². The van der Waals surface area contributed by atoms with E-state index in [9.17, 15) is 4.79 Å². The summed E-state index contributed by atoms with van der Waals surface area (Å²) in [5.74, 6) is 1.68. The van der Waals surface area contributed by atoms with Gasteiger partial charge >= 0.3 is 0 Å². The fraction of sp³-hybridized carbons (Fsp3) is 0.462. The van der Waals surface area contributed by atoms with Crippen LogP contribution in [-0.4, -0.2) is 35.7 Å². The number of carbonyl (C=O) groups excluding carboxylic acids is 1. The number of amides is 1. The van der Waals surface area contributed by atoms with Gasteiger partial charge in [-0.1, -0.05) is 0 Å². The Hall–Kier alpha value is -1.20. The van der Waals surface area contributed by atoms with Crippen molar-refractivity contribution in [2.75, 3.05) is 30.4 Å². The van der Waals surface area contributed by atoms with Crippen LogP contribution in [0, 0.1) is 6.92 Å². The number of thioether (sulfide) groups is 1. The van der Waals surface area contributed by atoms with Crippen molar-refractivity contribution in [2.45, 2.75) is 13.3 Å². The molecular weight excluding hydrogens is 248 g/mol. The van der Waals surface area contributed by atoms with Gasteiger partial charge in [-0.05, 0) is 42.9 Å². The van der Waals surface area contributed by atoms with Crippen molar-refractivity contribution in [1.29, 1.82) is 0 Å². The maximum Gasteiger partial charge on any atom is 0.251 e. The molecule has 0 saturated heterocycles. The Morgan fingerprint density at radius 1 is 1.39 bits per heavy atom. The van der Waals surface area contributed by atoms with Gasteiger partial charge in [-0.2, -0.15) is 11.8 Å². The van der Waals surface area contributed by atoms with E-state index >= 15 is 0 Å². The van der Waals surface area contributed by atoms with E-state index in [0.29, 0.717) is 17.8 Å². The molecule has 0 spiro atoms. The van der Waals surface area contributed by atoms with E-state index in [2.05, 4.69) is 5.32 Å². The number of aliphatic hydroxyl groups is 1. The number of aliphatic hydroxyl groups excluding tert-OH is 1. The largest absolute Gasteiger partial charge is 0.399 e. The zero-order valence-electron chi connectivity index (χ0n) is 10.6. The zero-order chi connectivity index (χ0) is 13.4. The third-order valence-electron chi connectivity index (χ3n) is 2.34. The van der Waals surface area contributed by atoms with Crippen molar-refractivity contribution in [1.82, 2.24) is 5.32 Å². The number of aryl methyl sites for hydroxylation is 1. The first-order valence-electron chi connectivity index (χ1n) is 5.97. The molecule has 1 aromatic rings. The van der Waals surface area contributed by atoms with Crippen molar-refractivity contribution in [2.24, 2.45) is 0 Å². The average Bonchev–Trinajstić information content (AvgIpc) is 2.32. The Kier molecular flexibility index (Phi) is 6.60. The van der Waals surface area contributed by atoms with E-state index in [1.807, 2.05) is 19.1 Å². The highest BCUT2D eigenvalue weighted by atomic mass is 32.2. The van der Waals surface area contributed by atoms with Crippen molar-refractivity contribution < 1.29 is 9.90 Å². The van der Waals surface area contributed by atoms with Gasteiger partial charge in [0.25, 0.3) is 5.91 Å². The lowest BCUT2D eigenvalue weighted by Gasteiger charge is -2.07. The van der Waals surface area contributed by atoms with Crippen LogP contribution in [-0.2, 0) is 0 Å². The van der Waals surface area contributed by atoms with Crippen molar-refractivity contribution in [3.05, 3.63) is 29.3 Å². The minimum Gasteiger partial charge on any atom is -0.399 e. The van der Waals surface area contributed by atoms with Crippen LogP contribution >= 0.6 is 11.8 Å². The van der Waals surface area contributed by atoms with E-state index in [1.165, 1.54) is 0 Å². The Balaban J connectivity index is 2.32. The number of hydrogen-bond donors (Lipinski definition) is 3. The smallest absolute Gasteiger partial charge is 0.251 e. The molecule has 0 unspecified atom stereocenters. The molecule has 5 heteroatoms. The molecule has 4 N–H and O–H groups in total. The van der Waals surface area contributed by atoms with Crippen LogP contribution in [0.25, 0.3) is 0 Å². The minimum absolute atomic E-state index is 0.0897. The van der Waals surface area contributed by atoms with Gasteiger partial charge in [0.15, 0.2) is 0 Å². The highest BCUT2D eigenvalue weighted by Crippen LogP contribution is 2.11. The summed E-state index contributed by atoms with van der Waals surface area (Å²) in [6.07, 6.45) is 0.799. The third-order valence-corrected chi connectivity index (χ3v) is 3.41. The van der Waals surface area contributed by atoms with Gasteiger partial charge in [0.05, 0.1) is 0 Å². The predicted molar refractivity (Wildman–Crippen MR) is 77.0 cm³/mol. The highest BCUT2D eigenvalue weighted by molar-refractivity contribution is 7.99. The molecule has 0 aliphatic rings. The Bertz CT molecular complexity index is 376. The summed E-state index contributed by atoms with van der Waals surface area (Å²) in [5.41, 5.74) is 7.90. The molecular formula is C13H20N2O2S. The molecule has 1 amide bonds. The second-order valence-corrected chi connectivity index (χ2v) is 5.30. The zero-order valence-corrected chi connectivity index (χ0v) is 11.4. The Labute approximate surface area is 112 Å². The number of nitrogens with two attached hydrogens (primary N) is 1. The SMILES string of the molecule is Cc1cc(N)cc(C(=O)NCCSCCCO)c1. The lowest BCUT2D eigenvalue weighted by atomic mass is 10.1. The highest BCUT2D eigenvalue weighted by Gasteiger charge is 2.05. The summed E-state index contributed by atoms with van der Waals surface area (Å²) in [6, 6.07) is 5.34. The molecule has 1 rings (SSSR count). The van der Waals surface area contributed by atoms with Gasteiger partial charge < -0.3 is 16.2 Å². The molecule has 0 bridgehead atoms. The number of hydrogen-bond acceptors (Lipinski definition) is 4. The van der Waals surface area contributed by atoms with Crippen LogP contribution in [0.15, 0.2) is 18.2 Å². The number of benzene rings is 1. The van der Waals surface area contributed by atoms with Gasteiger partial charge in [0.1, 0.15) is 0 Å². The Morgan fingerprint density at radius 3 is 2.83 bits per heavy atom. The van der Waals surface area contributed by atoms with E-state index in [0.717, 1.165) is 23.5 Å². The molecule has 18 heavy (non-hydrogen) atoms. The predicted octanol–water partition coefficient (Wildman–Crippen LogP) is 1.42. The normalized spacial score (nSPS) is 10.3. The fourth-order valence-electron chi connectivity index (χ4n) is 1.55. The molecule has 0 saturated carbocycles. The second kappa shape index (κ2) is 8.00. The van der Waals surface area contributed by atoms with Crippen LogP contribution in [0.3, 0.4) is 0 Å². The van der Waals surface area contributed by atoms with Gasteiger partial charge in [0, 0.05) is 30.2 Å². The molecule has 0 atom stereocenters. The molecule has 0 fully saturated rings. The number of rotatable bonds is 7. The number of nitrogens with one attached hydrogen (secondary N) is 1. The van der Waals surface area contributed by atoms with Gasteiger partial charge in [-0.25, -0.2) is 0 Å². The standard InChI is InChI=1S/C13H20N2O2S/c1-10-7-11(9-12(14)8-10)13(17)15-3-6-18-5-2-4-16/h7-9,16H,2-6,14H2,1H3,(H,15,17). The lowest BCUT2D eigenvalue weighted by molar-refractivity contribution is 0.0956. The van der Waals surface area contributed by atoms with E-state index < -0.39 is 0 Å². The van der Waals surface area contributed by atoms with Gasteiger partial charge in [-0.3, -0.25) is 4.79 Å². The average molecular weight is 268 g/mol. The van der Waals surface area contributed by atoms with E-state index in [-0.39, 0.29) is 12.5 Å². The number of carbonyl (C=O) groups is 1. The first-order valence-corrected chi connectivity index (χ1v) is 7.13. The summed E-state index contributed by atoms with van der Waals surface area (Å²) in [7, 11) is 0. The molecule has 1 aromatic carbocycles. The molecule has 0 heterocycles. The number of nitrogen functional groups attached to an aromatic ring is 1. The van der Waals surface area contributed by atoms with Crippen molar-refractivity contribution in [3.8, 4) is 0 Å². The summed E-state index contributed by atoms with van der Waals surface area (Å²) < 4.78 is 0. The molecule has 4 nitrogen and oxygen atoms in total. The van der Waals surface area contributed by atoms with Crippen molar-refractivity contribution >= 4 is 23.4 Å². The number of anilines is 1. The summed E-state index contributed by atoms with van der Waals surface area (Å²) in [4.78, 5) is 11.8. The quantitative estimate of drug-likeness (QED) is 0.516. The maximum absolute atomic E-state index is 11.8. The third kappa shape index (κ3) is 5.42. The molecule has 100 valence electrons. The topological polar surface area (TPSA) is 75.4 Å². The second-order valence-electron chi connectivity index (χ2n) is 4.08. The van der Waals surface area contributed by atoms with Crippen molar-refractivity contribution in [3.63, 3.8) is 0 Å². The summed E-state index contributed by atoms with van der Waals surface area (Å²) >= 11 is 1.72. The molecule has 0 aromatic heterocycles. The Morgan fingerprint density at radius 2 is 2.17 bits per heavy atom. The molecule has 0 radical (unpaired) electrons. The summed E-state index contributed by atoms with van der Waals surface area (Å²) in [5, 5.41) is 11.5.